The smallest absolute Gasteiger partial charge is 0.326 e. The summed E-state index contributed by atoms with van der Waals surface area (Å²) in [5, 5.41) is 11.9. The minimum Gasteiger partial charge on any atom is -0.480 e. The van der Waals surface area contributed by atoms with Gasteiger partial charge in [0.2, 0.25) is 5.91 Å². The fraction of sp³-hybridized carbons (Fsp3) is 0.357. The Morgan fingerprint density at radius 2 is 1.91 bits per heavy atom. The van der Waals surface area contributed by atoms with Gasteiger partial charge in [-0.05, 0) is 12.1 Å². The fourth-order valence-corrected chi connectivity index (χ4v) is 2.43. The lowest BCUT2D eigenvalue weighted by atomic mass is 10.1. The molecule has 1 aliphatic rings. The van der Waals surface area contributed by atoms with Crippen LogP contribution < -0.4 is 11.1 Å². The Hall–Kier alpha value is -2.12. The van der Waals surface area contributed by atoms with Crippen LogP contribution in [-0.2, 0) is 9.59 Å². The topological polar surface area (TPSA) is 113 Å². The number of carboxylic acids is 1. The Balaban J connectivity index is 0.00000242. The molecule has 1 aromatic rings. The van der Waals surface area contributed by atoms with Gasteiger partial charge in [0.05, 0.1) is 6.54 Å². The summed E-state index contributed by atoms with van der Waals surface area (Å²) in [5.41, 5.74) is 5.77. The summed E-state index contributed by atoms with van der Waals surface area (Å²) in [7, 11) is 0. The Morgan fingerprint density at radius 3 is 2.45 bits per heavy atom. The molecule has 2 atom stereocenters. The van der Waals surface area contributed by atoms with Crippen molar-refractivity contribution in [2.75, 3.05) is 13.1 Å². The van der Waals surface area contributed by atoms with E-state index in [4.69, 9.17) is 10.8 Å². The third-order valence-corrected chi connectivity index (χ3v) is 3.45. The van der Waals surface area contributed by atoms with E-state index in [1.54, 1.807) is 30.3 Å². The largest absolute Gasteiger partial charge is 0.480 e. The molecule has 1 fully saturated rings. The highest BCUT2D eigenvalue weighted by atomic mass is 35.5. The highest BCUT2D eigenvalue weighted by Crippen LogP contribution is 2.18. The van der Waals surface area contributed by atoms with Gasteiger partial charge in [-0.15, -0.1) is 12.4 Å². The van der Waals surface area contributed by atoms with Crippen LogP contribution in [0.25, 0.3) is 0 Å². The van der Waals surface area contributed by atoms with Gasteiger partial charge in [0.1, 0.15) is 6.04 Å². The van der Waals surface area contributed by atoms with Crippen LogP contribution in [0.2, 0.25) is 0 Å². The molecule has 0 unspecified atom stereocenters. The molecular formula is C14H18ClN3O4. The molecule has 120 valence electrons. The zero-order chi connectivity index (χ0) is 15.4. The zero-order valence-electron chi connectivity index (χ0n) is 11.8. The molecule has 0 aromatic heterocycles. The van der Waals surface area contributed by atoms with E-state index in [1.165, 1.54) is 4.90 Å². The normalized spacial score (nSPS) is 20.1. The highest BCUT2D eigenvalue weighted by molar-refractivity contribution is 5.94. The van der Waals surface area contributed by atoms with Crippen molar-refractivity contribution in [1.29, 1.82) is 0 Å². The number of rotatable bonds is 4. The van der Waals surface area contributed by atoms with Crippen LogP contribution in [0.15, 0.2) is 30.3 Å². The van der Waals surface area contributed by atoms with Gasteiger partial charge < -0.3 is 21.1 Å². The van der Waals surface area contributed by atoms with Crippen molar-refractivity contribution < 1.29 is 19.5 Å². The number of carbonyl (C=O) groups is 3. The SMILES string of the molecule is Cl.NCC(=O)N1C[C@H](NC(=O)c2ccccc2)C[C@@H]1C(=O)O. The van der Waals surface area contributed by atoms with E-state index in [2.05, 4.69) is 5.32 Å². The highest BCUT2D eigenvalue weighted by Gasteiger charge is 2.39. The first-order chi connectivity index (χ1) is 10.0. The van der Waals surface area contributed by atoms with E-state index < -0.39 is 24.0 Å². The van der Waals surface area contributed by atoms with E-state index in [0.29, 0.717) is 5.56 Å². The van der Waals surface area contributed by atoms with Crippen LogP contribution in [0.4, 0.5) is 0 Å². The number of benzene rings is 1. The molecule has 1 heterocycles. The first-order valence-electron chi connectivity index (χ1n) is 6.61. The van der Waals surface area contributed by atoms with Crippen molar-refractivity contribution in [2.24, 2.45) is 5.73 Å². The third kappa shape index (κ3) is 3.96. The Kier molecular flexibility index (Phi) is 6.33. The monoisotopic (exact) mass is 327 g/mol. The second-order valence-electron chi connectivity index (χ2n) is 4.88. The molecule has 0 radical (unpaired) electrons. The zero-order valence-corrected chi connectivity index (χ0v) is 12.6. The van der Waals surface area contributed by atoms with E-state index in [0.717, 1.165) is 0 Å². The van der Waals surface area contributed by atoms with Crippen LogP contribution in [0, 0.1) is 0 Å². The summed E-state index contributed by atoms with van der Waals surface area (Å²) in [6, 6.07) is 7.29. The predicted molar refractivity (Wildman–Crippen MR) is 81.8 cm³/mol. The van der Waals surface area contributed by atoms with Gasteiger partial charge in [-0.1, -0.05) is 18.2 Å². The molecule has 2 rings (SSSR count). The predicted octanol–water partition coefficient (Wildman–Crippen LogP) is -0.149. The number of nitrogens with one attached hydrogen (secondary N) is 1. The van der Waals surface area contributed by atoms with E-state index in [-0.39, 0.29) is 37.8 Å². The van der Waals surface area contributed by atoms with Crippen LogP contribution in [0.3, 0.4) is 0 Å². The number of hydrogen-bond acceptors (Lipinski definition) is 4. The molecule has 8 heteroatoms. The van der Waals surface area contributed by atoms with Crippen molar-refractivity contribution in [3.63, 3.8) is 0 Å². The lowest BCUT2D eigenvalue weighted by Gasteiger charge is -2.20. The summed E-state index contributed by atoms with van der Waals surface area (Å²) in [6.45, 7) is -0.0886. The maximum absolute atomic E-state index is 12.0. The number of aliphatic carboxylic acids is 1. The molecule has 1 saturated heterocycles. The molecule has 0 spiro atoms. The summed E-state index contributed by atoms with van der Waals surface area (Å²) in [5.74, 6) is -1.81. The Bertz CT molecular complexity index is 552. The van der Waals surface area contributed by atoms with Crippen LogP contribution >= 0.6 is 12.4 Å². The number of halogens is 1. The maximum Gasteiger partial charge on any atom is 0.326 e. The summed E-state index contributed by atoms with van der Waals surface area (Å²) in [6.07, 6.45) is 0.180. The van der Waals surface area contributed by atoms with E-state index in [1.807, 2.05) is 0 Å². The van der Waals surface area contributed by atoms with Crippen LogP contribution in [-0.4, -0.2) is 53.0 Å². The van der Waals surface area contributed by atoms with Gasteiger partial charge in [-0.2, -0.15) is 0 Å². The molecule has 7 nitrogen and oxygen atoms in total. The fourth-order valence-electron chi connectivity index (χ4n) is 2.43. The molecule has 1 aliphatic heterocycles. The minimum absolute atomic E-state index is 0. The maximum atomic E-state index is 12.0. The van der Waals surface area contributed by atoms with Crippen molar-refractivity contribution in [3.05, 3.63) is 35.9 Å². The van der Waals surface area contributed by atoms with Crippen molar-refractivity contribution in [2.45, 2.75) is 18.5 Å². The molecule has 22 heavy (non-hydrogen) atoms. The van der Waals surface area contributed by atoms with Gasteiger partial charge in [0, 0.05) is 24.6 Å². The molecular weight excluding hydrogens is 310 g/mol. The minimum atomic E-state index is -1.09. The number of amides is 2. The van der Waals surface area contributed by atoms with Gasteiger partial charge in [-0.3, -0.25) is 9.59 Å². The summed E-state index contributed by atoms with van der Waals surface area (Å²) < 4.78 is 0. The molecule has 2 amide bonds. The van der Waals surface area contributed by atoms with Gasteiger partial charge in [0.25, 0.3) is 5.91 Å². The van der Waals surface area contributed by atoms with Crippen LogP contribution in [0.5, 0.6) is 0 Å². The summed E-state index contributed by atoms with van der Waals surface area (Å²) >= 11 is 0. The standard InChI is InChI=1S/C14H17N3O4.ClH/c15-7-12(18)17-8-10(6-11(17)14(20)21)16-13(19)9-4-2-1-3-5-9;/h1-5,10-11H,6-8,15H2,(H,16,19)(H,20,21);1H/t10-,11-;/m1./s1. The molecule has 0 saturated carbocycles. The van der Waals surface area contributed by atoms with Gasteiger partial charge in [-0.25, -0.2) is 4.79 Å². The quantitative estimate of drug-likeness (QED) is 0.712. The number of hydrogen-bond donors (Lipinski definition) is 3. The molecule has 0 bridgehead atoms. The summed E-state index contributed by atoms with van der Waals surface area (Å²) in [4.78, 5) is 36.1. The second kappa shape index (κ2) is 7.77. The van der Waals surface area contributed by atoms with Crippen molar-refractivity contribution >= 4 is 30.2 Å². The number of nitrogens with zero attached hydrogens (tertiary/aromatic N) is 1. The second-order valence-corrected chi connectivity index (χ2v) is 4.88. The van der Waals surface area contributed by atoms with Gasteiger partial charge >= 0.3 is 5.97 Å². The molecule has 0 aliphatic carbocycles. The van der Waals surface area contributed by atoms with Gasteiger partial charge in [0.15, 0.2) is 0 Å². The molecule has 1 aromatic carbocycles. The van der Waals surface area contributed by atoms with Crippen molar-refractivity contribution in [3.8, 4) is 0 Å². The average molecular weight is 328 g/mol. The average Bonchev–Trinajstić information content (AvgIpc) is 2.91. The van der Waals surface area contributed by atoms with Crippen molar-refractivity contribution in [1.82, 2.24) is 10.2 Å². The lowest BCUT2D eigenvalue weighted by molar-refractivity contribution is -0.147. The number of carbonyl (C=O) groups excluding carboxylic acids is 2. The van der Waals surface area contributed by atoms with E-state index >= 15 is 0 Å². The number of carboxylic acid groups (broad SMARTS) is 1. The van der Waals surface area contributed by atoms with Crippen LogP contribution in [0.1, 0.15) is 16.8 Å². The number of nitrogens with two attached hydrogens (primary N) is 1. The van der Waals surface area contributed by atoms with E-state index in [9.17, 15) is 14.4 Å². The Morgan fingerprint density at radius 1 is 1.27 bits per heavy atom. The number of likely N-dealkylation sites (tertiary alicyclic amines) is 1. The molecule has 4 N–H and O–H groups in total. The Labute approximate surface area is 133 Å². The lowest BCUT2D eigenvalue weighted by Crippen LogP contribution is -2.44. The first-order valence-corrected chi connectivity index (χ1v) is 6.61. The first kappa shape index (κ1) is 17.9. The third-order valence-electron chi connectivity index (χ3n) is 3.45.